The van der Waals surface area contributed by atoms with Crippen LogP contribution in [0.5, 0.6) is 0 Å². The highest BCUT2D eigenvalue weighted by atomic mass is 16.3. The molecule has 0 spiro atoms. The predicted octanol–water partition coefficient (Wildman–Crippen LogP) is 1.89. The van der Waals surface area contributed by atoms with Crippen molar-refractivity contribution in [1.29, 1.82) is 0 Å². The molecule has 1 atom stereocenters. The molecule has 7 heteroatoms. The lowest BCUT2D eigenvalue weighted by Crippen LogP contribution is -2.30. The van der Waals surface area contributed by atoms with Gasteiger partial charge in [-0.25, -0.2) is 9.97 Å². The zero-order valence-electron chi connectivity index (χ0n) is 14.4. The predicted molar refractivity (Wildman–Crippen MR) is 92.2 cm³/mol. The summed E-state index contributed by atoms with van der Waals surface area (Å²) in [6.07, 6.45) is 7.21. The normalized spacial score (nSPS) is 16.1. The van der Waals surface area contributed by atoms with E-state index in [0.29, 0.717) is 11.5 Å². The van der Waals surface area contributed by atoms with Gasteiger partial charge in [-0.05, 0) is 44.2 Å². The molecule has 0 aromatic carbocycles. The number of carboxylic acid groups (broad SMARTS) is 1. The lowest BCUT2D eigenvalue weighted by atomic mass is 10.00. The molecule has 0 radical (unpaired) electrons. The van der Waals surface area contributed by atoms with Crippen molar-refractivity contribution in [2.75, 3.05) is 13.1 Å². The fraction of sp³-hybridized carbons (Fsp3) is 0.389. The molecule has 1 aliphatic rings. The molecule has 2 aromatic heterocycles. The van der Waals surface area contributed by atoms with Gasteiger partial charge in [-0.1, -0.05) is 6.07 Å². The van der Waals surface area contributed by atoms with Gasteiger partial charge in [-0.2, -0.15) is 0 Å². The fourth-order valence-electron chi connectivity index (χ4n) is 3.10. The minimum Gasteiger partial charge on any atom is -0.483 e. The maximum atomic E-state index is 12.7. The number of aryl methyl sites for hydroxylation is 2. The van der Waals surface area contributed by atoms with Crippen LogP contribution in [-0.4, -0.2) is 50.4 Å². The summed E-state index contributed by atoms with van der Waals surface area (Å²) in [4.78, 5) is 35.5. The van der Waals surface area contributed by atoms with Crippen molar-refractivity contribution >= 4 is 12.4 Å². The third kappa shape index (κ3) is 4.82. The Morgan fingerprint density at radius 1 is 1.36 bits per heavy atom. The van der Waals surface area contributed by atoms with E-state index in [1.807, 2.05) is 31.0 Å². The lowest BCUT2D eigenvalue weighted by Gasteiger charge is -2.18. The summed E-state index contributed by atoms with van der Waals surface area (Å²) < 4.78 is 0. The highest BCUT2D eigenvalue weighted by molar-refractivity contribution is 5.96. The second-order valence-corrected chi connectivity index (χ2v) is 6.00. The Morgan fingerprint density at radius 3 is 2.64 bits per heavy atom. The van der Waals surface area contributed by atoms with Gasteiger partial charge in [0, 0.05) is 25.5 Å². The quantitative estimate of drug-likeness (QED) is 0.856. The molecule has 1 aliphatic heterocycles. The maximum Gasteiger partial charge on any atom is 0.290 e. The summed E-state index contributed by atoms with van der Waals surface area (Å²) in [5.41, 5.74) is 3.41. The van der Waals surface area contributed by atoms with Crippen molar-refractivity contribution in [2.24, 2.45) is 5.92 Å². The molecule has 3 heterocycles. The van der Waals surface area contributed by atoms with Crippen molar-refractivity contribution in [3.63, 3.8) is 0 Å². The number of nitrogens with zero attached hydrogens (tertiary/aromatic N) is 4. The number of likely N-dealkylation sites (tertiary alicyclic amines) is 1. The molecule has 7 nitrogen and oxygen atoms in total. The molecule has 25 heavy (non-hydrogen) atoms. The molecule has 0 aliphatic carbocycles. The minimum absolute atomic E-state index is 0.0595. The second kappa shape index (κ2) is 8.86. The van der Waals surface area contributed by atoms with Crippen molar-refractivity contribution in [3.05, 3.63) is 53.4 Å². The molecular weight excluding hydrogens is 320 g/mol. The van der Waals surface area contributed by atoms with E-state index in [1.54, 1.807) is 6.20 Å². The van der Waals surface area contributed by atoms with Gasteiger partial charge in [0.1, 0.15) is 6.33 Å². The van der Waals surface area contributed by atoms with Crippen molar-refractivity contribution < 1.29 is 14.7 Å². The van der Waals surface area contributed by atoms with Crippen LogP contribution in [-0.2, 0) is 11.2 Å². The molecule has 1 fully saturated rings. The van der Waals surface area contributed by atoms with Gasteiger partial charge < -0.3 is 10.0 Å². The van der Waals surface area contributed by atoms with Crippen LogP contribution in [0.4, 0.5) is 0 Å². The number of rotatable bonds is 3. The number of aromatic nitrogens is 3. The van der Waals surface area contributed by atoms with Gasteiger partial charge in [0.25, 0.3) is 12.4 Å². The van der Waals surface area contributed by atoms with E-state index in [4.69, 9.17) is 9.90 Å². The topological polar surface area (TPSA) is 96.3 Å². The number of hydrogen-bond donors (Lipinski definition) is 1. The molecule has 0 bridgehead atoms. The lowest BCUT2D eigenvalue weighted by molar-refractivity contribution is -0.122. The first-order valence-corrected chi connectivity index (χ1v) is 8.11. The van der Waals surface area contributed by atoms with E-state index in [9.17, 15) is 4.79 Å². The van der Waals surface area contributed by atoms with Crippen LogP contribution in [0.25, 0.3) is 0 Å². The number of pyridine rings is 1. The highest BCUT2D eigenvalue weighted by Gasteiger charge is 2.29. The summed E-state index contributed by atoms with van der Waals surface area (Å²) in [6, 6.07) is 4.05. The molecule has 3 rings (SSSR count). The standard InChI is InChI=1S/C17H20N4O.CH2O2/c1-12-16(13(2)20-11-19-12)17(22)21-7-5-15(10-21)8-14-4-3-6-18-9-14;2-1-3/h3-4,6,9,11,15H,5,7-8,10H2,1-2H3;1H,(H,2,3). The Balaban J connectivity index is 0.000000701. The highest BCUT2D eigenvalue weighted by Crippen LogP contribution is 2.23. The van der Waals surface area contributed by atoms with Gasteiger partial charge >= 0.3 is 0 Å². The van der Waals surface area contributed by atoms with Gasteiger partial charge in [-0.15, -0.1) is 0 Å². The Hall–Kier alpha value is -2.83. The third-order valence-corrected chi connectivity index (χ3v) is 4.26. The van der Waals surface area contributed by atoms with E-state index in [2.05, 4.69) is 21.0 Å². The molecule has 1 N–H and O–H groups in total. The molecule has 0 saturated carbocycles. The SMILES string of the molecule is Cc1ncnc(C)c1C(=O)N1CCC(Cc2cccnc2)C1.O=CO. The molecule has 2 aromatic rings. The molecule has 1 amide bonds. The smallest absolute Gasteiger partial charge is 0.290 e. The van der Waals surface area contributed by atoms with E-state index < -0.39 is 0 Å². The number of amides is 1. The van der Waals surface area contributed by atoms with Gasteiger partial charge in [-0.3, -0.25) is 14.6 Å². The van der Waals surface area contributed by atoms with Crippen LogP contribution in [0, 0.1) is 19.8 Å². The first-order valence-electron chi connectivity index (χ1n) is 8.11. The average Bonchev–Trinajstić information content (AvgIpc) is 3.05. The average molecular weight is 342 g/mol. The van der Waals surface area contributed by atoms with Crippen LogP contribution in [0.2, 0.25) is 0 Å². The van der Waals surface area contributed by atoms with Crippen LogP contribution in [0.3, 0.4) is 0 Å². The summed E-state index contributed by atoms with van der Waals surface area (Å²) in [7, 11) is 0. The molecular formula is C18H22N4O3. The zero-order valence-corrected chi connectivity index (χ0v) is 14.4. The van der Waals surface area contributed by atoms with E-state index in [1.165, 1.54) is 11.9 Å². The molecule has 1 saturated heterocycles. The molecule has 1 unspecified atom stereocenters. The summed E-state index contributed by atoms with van der Waals surface area (Å²) >= 11 is 0. The van der Waals surface area contributed by atoms with Crippen LogP contribution in [0.15, 0.2) is 30.9 Å². The Morgan fingerprint density at radius 2 is 2.04 bits per heavy atom. The van der Waals surface area contributed by atoms with Gasteiger partial charge in [0.05, 0.1) is 17.0 Å². The van der Waals surface area contributed by atoms with Crippen molar-refractivity contribution in [1.82, 2.24) is 19.9 Å². The zero-order chi connectivity index (χ0) is 18.2. The Kier molecular flexibility index (Phi) is 6.56. The van der Waals surface area contributed by atoms with Crippen molar-refractivity contribution in [2.45, 2.75) is 26.7 Å². The third-order valence-electron chi connectivity index (χ3n) is 4.26. The largest absolute Gasteiger partial charge is 0.483 e. The maximum absolute atomic E-state index is 12.7. The van der Waals surface area contributed by atoms with Gasteiger partial charge in [0.15, 0.2) is 0 Å². The first kappa shape index (κ1) is 18.5. The Bertz CT molecular complexity index is 701. The van der Waals surface area contributed by atoms with Crippen molar-refractivity contribution in [3.8, 4) is 0 Å². The van der Waals surface area contributed by atoms with Gasteiger partial charge in [0.2, 0.25) is 0 Å². The monoisotopic (exact) mass is 342 g/mol. The fourth-order valence-corrected chi connectivity index (χ4v) is 3.10. The summed E-state index contributed by atoms with van der Waals surface area (Å²) in [5, 5.41) is 6.89. The van der Waals surface area contributed by atoms with Crippen LogP contribution in [0.1, 0.15) is 33.7 Å². The van der Waals surface area contributed by atoms with Crippen LogP contribution < -0.4 is 0 Å². The summed E-state index contributed by atoms with van der Waals surface area (Å²) in [6.45, 7) is 5.08. The first-order chi connectivity index (χ1) is 12.1. The van der Waals surface area contributed by atoms with E-state index >= 15 is 0 Å². The number of carbonyl (C=O) groups excluding carboxylic acids is 1. The second-order valence-electron chi connectivity index (χ2n) is 6.00. The minimum atomic E-state index is -0.250. The molecule has 132 valence electrons. The van der Waals surface area contributed by atoms with Crippen LogP contribution >= 0.6 is 0 Å². The van der Waals surface area contributed by atoms with E-state index in [-0.39, 0.29) is 12.4 Å². The number of hydrogen-bond acceptors (Lipinski definition) is 5. The summed E-state index contributed by atoms with van der Waals surface area (Å²) in [5.74, 6) is 0.558. The Labute approximate surface area is 146 Å². The van der Waals surface area contributed by atoms with E-state index in [0.717, 1.165) is 37.3 Å². The number of carbonyl (C=O) groups is 2.